The lowest BCUT2D eigenvalue weighted by atomic mass is 10.2. The second-order valence-electron chi connectivity index (χ2n) is 5.21. The van der Waals surface area contributed by atoms with Crippen molar-refractivity contribution in [3.05, 3.63) is 57.2 Å². The summed E-state index contributed by atoms with van der Waals surface area (Å²) in [5, 5.41) is 3.95. The number of nitrogens with one attached hydrogen (secondary N) is 1. The molecule has 0 atom stereocenters. The number of hydrazone groups is 1. The topological polar surface area (TPSA) is 86.2 Å². The number of methoxy groups -OCH3 is 1. The van der Waals surface area contributed by atoms with Crippen LogP contribution in [0.1, 0.15) is 22.8 Å². The molecule has 2 aromatic rings. The zero-order valence-electron chi connectivity index (χ0n) is 14.9. The number of benzene rings is 2. The van der Waals surface area contributed by atoms with E-state index in [1.54, 1.807) is 37.3 Å². The minimum Gasteiger partial charge on any atom is -0.493 e. The Morgan fingerprint density at radius 2 is 1.89 bits per heavy atom. The van der Waals surface area contributed by atoms with E-state index >= 15 is 0 Å². The van der Waals surface area contributed by atoms with Crippen LogP contribution in [0.5, 0.6) is 11.5 Å². The van der Waals surface area contributed by atoms with Crippen molar-refractivity contribution in [3.8, 4) is 11.5 Å². The van der Waals surface area contributed by atoms with Crippen LogP contribution in [0, 0.1) is 3.57 Å². The van der Waals surface area contributed by atoms with Crippen LogP contribution in [0.2, 0.25) is 0 Å². The zero-order valence-corrected chi connectivity index (χ0v) is 17.1. The Kier molecular flexibility index (Phi) is 8.05. The average Bonchev–Trinajstić information content (AvgIpc) is 2.67. The van der Waals surface area contributed by atoms with Gasteiger partial charge in [-0.2, -0.15) is 5.10 Å². The first-order chi connectivity index (χ1) is 13.0. The number of rotatable bonds is 8. The molecular weight excluding hydrogens is 463 g/mol. The molecule has 142 valence electrons. The molecule has 0 fully saturated rings. The summed E-state index contributed by atoms with van der Waals surface area (Å²) in [7, 11) is 1.49. The van der Waals surface area contributed by atoms with Crippen LogP contribution < -0.4 is 14.9 Å². The summed E-state index contributed by atoms with van der Waals surface area (Å²) < 4.78 is 16.5. The van der Waals surface area contributed by atoms with Crippen molar-refractivity contribution in [1.29, 1.82) is 0 Å². The van der Waals surface area contributed by atoms with Crippen LogP contribution in [0.15, 0.2) is 47.6 Å². The van der Waals surface area contributed by atoms with Crippen molar-refractivity contribution in [2.45, 2.75) is 6.92 Å². The van der Waals surface area contributed by atoms with Crippen molar-refractivity contribution < 1.29 is 23.8 Å². The molecule has 0 aliphatic carbocycles. The quantitative estimate of drug-likeness (QED) is 0.271. The fourth-order valence-electron chi connectivity index (χ4n) is 2.05. The minimum atomic E-state index is -0.455. The van der Waals surface area contributed by atoms with Gasteiger partial charge in [0.2, 0.25) is 0 Å². The lowest BCUT2D eigenvalue weighted by molar-refractivity contribution is -0.145. The summed E-state index contributed by atoms with van der Waals surface area (Å²) in [4.78, 5) is 23.4. The molecule has 0 bridgehead atoms. The SMILES string of the molecule is CCOC(=O)COc1ccc(/C=N\NC(=O)c2ccc(I)cc2)cc1OC. The number of halogens is 1. The predicted molar refractivity (Wildman–Crippen MR) is 109 cm³/mol. The van der Waals surface area contributed by atoms with Gasteiger partial charge in [0.05, 0.1) is 19.9 Å². The molecule has 8 heteroatoms. The zero-order chi connectivity index (χ0) is 19.6. The normalized spacial score (nSPS) is 10.5. The molecule has 0 aliphatic heterocycles. The van der Waals surface area contributed by atoms with Crippen LogP contribution >= 0.6 is 22.6 Å². The van der Waals surface area contributed by atoms with Crippen molar-refractivity contribution >= 4 is 40.7 Å². The Morgan fingerprint density at radius 3 is 2.56 bits per heavy atom. The van der Waals surface area contributed by atoms with Gasteiger partial charge in [-0.05, 0) is 77.5 Å². The van der Waals surface area contributed by atoms with E-state index in [0.717, 1.165) is 3.57 Å². The summed E-state index contributed by atoms with van der Waals surface area (Å²) in [6, 6.07) is 12.2. The lowest BCUT2D eigenvalue weighted by Gasteiger charge is -2.10. The van der Waals surface area contributed by atoms with Gasteiger partial charge < -0.3 is 14.2 Å². The van der Waals surface area contributed by atoms with Gasteiger partial charge in [0.1, 0.15) is 0 Å². The second kappa shape index (κ2) is 10.5. The average molecular weight is 482 g/mol. The van der Waals surface area contributed by atoms with E-state index in [-0.39, 0.29) is 12.5 Å². The van der Waals surface area contributed by atoms with Gasteiger partial charge in [-0.3, -0.25) is 4.79 Å². The third-order valence-electron chi connectivity index (χ3n) is 3.32. The van der Waals surface area contributed by atoms with E-state index in [2.05, 4.69) is 33.1 Å². The molecule has 1 N–H and O–H groups in total. The van der Waals surface area contributed by atoms with Gasteiger partial charge in [0, 0.05) is 9.13 Å². The summed E-state index contributed by atoms with van der Waals surface area (Å²) in [6.07, 6.45) is 1.49. The summed E-state index contributed by atoms with van der Waals surface area (Å²) in [6.45, 7) is 1.82. The monoisotopic (exact) mass is 482 g/mol. The smallest absolute Gasteiger partial charge is 0.344 e. The maximum absolute atomic E-state index is 12.0. The van der Waals surface area contributed by atoms with Crippen LogP contribution in [-0.4, -0.2) is 38.4 Å². The Balaban J connectivity index is 1.97. The van der Waals surface area contributed by atoms with Crippen LogP contribution in [0.3, 0.4) is 0 Å². The third-order valence-corrected chi connectivity index (χ3v) is 4.04. The predicted octanol–water partition coefficient (Wildman–Crippen LogP) is 3.01. The van der Waals surface area contributed by atoms with Gasteiger partial charge in [0.15, 0.2) is 18.1 Å². The number of esters is 1. The Labute approximate surface area is 170 Å². The molecule has 27 heavy (non-hydrogen) atoms. The summed E-state index contributed by atoms with van der Waals surface area (Å²) in [5.41, 5.74) is 3.68. The van der Waals surface area contributed by atoms with E-state index < -0.39 is 5.97 Å². The maximum atomic E-state index is 12.0. The van der Waals surface area contributed by atoms with Gasteiger partial charge in [0.25, 0.3) is 5.91 Å². The second-order valence-corrected chi connectivity index (χ2v) is 6.46. The molecule has 0 unspecified atom stereocenters. The van der Waals surface area contributed by atoms with Crippen molar-refractivity contribution in [3.63, 3.8) is 0 Å². The first-order valence-electron chi connectivity index (χ1n) is 8.09. The molecule has 7 nitrogen and oxygen atoms in total. The van der Waals surface area contributed by atoms with Gasteiger partial charge in [-0.15, -0.1) is 0 Å². The number of carbonyl (C=O) groups excluding carboxylic acids is 2. The van der Waals surface area contributed by atoms with Crippen LogP contribution in [0.4, 0.5) is 0 Å². The van der Waals surface area contributed by atoms with Crippen LogP contribution in [-0.2, 0) is 9.53 Å². The fourth-order valence-corrected chi connectivity index (χ4v) is 2.41. The minimum absolute atomic E-state index is 0.205. The van der Waals surface area contributed by atoms with E-state index in [4.69, 9.17) is 14.2 Å². The number of amides is 1. The molecule has 0 heterocycles. The molecule has 0 aromatic heterocycles. The van der Waals surface area contributed by atoms with Crippen molar-refractivity contribution in [1.82, 2.24) is 5.43 Å². The van der Waals surface area contributed by atoms with Gasteiger partial charge in [-0.1, -0.05) is 0 Å². The molecule has 0 radical (unpaired) electrons. The molecule has 1 amide bonds. The number of hydrogen-bond acceptors (Lipinski definition) is 6. The molecule has 0 saturated heterocycles. The first kappa shape index (κ1) is 20.7. The van der Waals surface area contributed by atoms with E-state index in [1.165, 1.54) is 13.3 Å². The largest absolute Gasteiger partial charge is 0.493 e. The Hall–Kier alpha value is -2.62. The third kappa shape index (κ3) is 6.55. The highest BCUT2D eigenvalue weighted by molar-refractivity contribution is 14.1. The van der Waals surface area contributed by atoms with Crippen LogP contribution in [0.25, 0.3) is 0 Å². The molecule has 2 aromatic carbocycles. The molecule has 0 saturated carbocycles. The first-order valence-corrected chi connectivity index (χ1v) is 9.16. The highest BCUT2D eigenvalue weighted by atomic mass is 127. The summed E-state index contributed by atoms with van der Waals surface area (Å²) in [5.74, 6) is 0.0883. The van der Waals surface area contributed by atoms with Crippen molar-refractivity contribution in [2.24, 2.45) is 5.10 Å². The number of nitrogens with zero attached hydrogens (tertiary/aromatic N) is 1. The van der Waals surface area contributed by atoms with Gasteiger partial charge in [-0.25, -0.2) is 10.2 Å². The van der Waals surface area contributed by atoms with E-state index in [0.29, 0.717) is 29.2 Å². The Bertz CT molecular complexity index is 821. The lowest BCUT2D eigenvalue weighted by Crippen LogP contribution is -2.17. The Morgan fingerprint density at radius 1 is 1.15 bits per heavy atom. The van der Waals surface area contributed by atoms with E-state index in [1.807, 2.05) is 12.1 Å². The molecule has 2 rings (SSSR count). The highest BCUT2D eigenvalue weighted by Gasteiger charge is 2.09. The molecule has 0 spiro atoms. The number of hydrogen-bond donors (Lipinski definition) is 1. The number of ether oxygens (including phenoxy) is 3. The number of carbonyl (C=O) groups is 2. The fraction of sp³-hybridized carbons (Fsp3) is 0.211. The summed E-state index contributed by atoms with van der Waals surface area (Å²) >= 11 is 2.17. The standard InChI is InChI=1S/C19H19IN2O5/c1-3-26-18(23)12-27-16-9-4-13(10-17(16)25-2)11-21-22-19(24)14-5-7-15(20)8-6-14/h4-11H,3,12H2,1-2H3,(H,22,24)/b21-11-. The van der Waals surface area contributed by atoms with Crippen molar-refractivity contribution in [2.75, 3.05) is 20.3 Å². The van der Waals surface area contributed by atoms with Gasteiger partial charge >= 0.3 is 5.97 Å². The molecule has 0 aliphatic rings. The maximum Gasteiger partial charge on any atom is 0.344 e. The molecular formula is C19H19IN2O5. The van der Waals surface area contributed by atoms with E-state index in [9.17, 15) is 9.59 Å². The highest BCUT2D eigenvalue weighted by Crippen LogP contribution is 2.27.